The number of aromatic amines is 1. The van der Waals surface area contributed by atoms with Crippen molar-refractivity contribution in [3.63, 3.8) is 0 Å². The number of carboxylic acid groups (broad SMARTS) is 1. The number of aryl methyl sites for hydroxylation is 1. The average molecular weight is 528 g/mol. The van der Waals surface area contributed by atoms with Gasteiger partial charge in [0.05, 0.1) is 5.69 Å². The molecule has 0 spiro atoms. The summed E-state index contributed by atoms with van der Waals surface area (Å²) in [6.45, 7) is 5.07. The number of aliphatic carboxylic acids is 1. The molecule has 1 aliphatic rings. The van der Waals surface area contributed by atoms with Gasteiger partial charge in [-0.3, -0.25) is 14.4 Å². The first-order valence-electron chi connectivity index (χ1n) is 11.8. The number of halogens is 4. The number of Topliss-reactive ketones (excluding diaryl/α,β-unsaturated/α-hetero) is 1. The van der Waals surface area contributed by atoms with Crippen LogP contribution in [0.3, 0.4) is 0 Å². The second kappa shape index (κ2) is 13.1. The van der Waals surface area contributed by atoms with E-state index >= 15 is 0 Å². The molecule has 2 heterocycles. The highest BCUT2D eigenvalue weighted by molar-refractivity contribution is 5.98. The minimum Gasteiger partial charge on any atom is -0.475 e. The average Bonchev–Trinajstić information content (AvgIpc) is 2.83. The Hall–Kier alpha value is -3.57. The number of carbonyl (C=O) groups excluding carboxylic acids is 2. The van der Waals surface area contributed by atoms with Gasteiger partial charge in [0.25, 0.3) is 5.56 Å². The van der Waals surface area contributed by atoms with Gasteiger partial charge in [-0.15, -0.1) is 0 Å². The number of carboxylic acids is 1. The topological polar surface area (TPSA) is 120 Å². The number of piperidine rings is 1. The van der Waals surface area contributed by atoms with Crippen molar-refractivity contribution in [3.8, 4) is 0 Å². The summed E-state index contributed by atoms with van der Waals surface area (Å²) in [7, 11) is 0. The fourth-order valence-electron chi connectivity index (χ4n) is 3.75. The van der Waals surface area contributed by atoms with Crippen LogP contribution in [0.2, 0.25) is 0 Å². The van der Waals surface area contributed by atoms with Crippen molar-refractivity contribution in [2.45, 2.75) is 58.0 Å². The second-order valence-corrected chi connectivity index (χ2v) is 8.95. The van der Waals surface area contributed by atoms with E-state index in [-0.39, 0.29) is 34.9 Å². The van der Waals surface area contributed by atoms with E-state index in [2.05, 4.69) is 9.97 Å². The fourth-order valence-corrected chi connectivity index (χ4v) is 3.75. The van der Waals surface area contributed by atoms with E-state index in [0.29, 0.717) is 56.6 Å². The van der Waals surface area contributed by atoms with Crippen LogP contribution in [0.25, 0.3) is 0 Å². The minimum atomic E-state index is -5.08. The number of carbonyl (C=O) groups is 3. The number of hydrogen-bond acceptors (Lipinski definition) is 5. The van der Waals surface area contributed by atoms with Crippen LogP contribution in [0.15, 0.2) is 35.1 Å². The summed E-state index contributed by atoms with van der Waals surface area (Å²) in [6, 6.07) is 7.13. The van der Waals surface area contributed by atoms with Crippen LogP contribution in [0, 0.1) is 11.7 Å². The SMILES string of the molecule is CC(C)c1cc(=O)[nH]c(CCCC(=O)N2CCC(C(=O)c3ccc(F)cc3)CC2)n1.O=C(O)C(F)(F)F. The Labute approximate surface area is 210 Å². The highest BCUT2D eigenvalue weighted by Gasteiger charge is 2.38. The van der Waals surface area contributed by atoms with E-state index in [1.54, 1.807) is 4.90 Å². The summed E-state index contributed by atoms with van der Waals surface area (Å²) < 4.78 is 44.8. The summed E-state index contributed by atoms with van der Waals surface area (Å²) in [6.07, 6.45) is -2.31. The molecule has 1 amide bonds. The largest absolute Gasteiger partial charge is 0.490 e. The Kier molecular flexibility index (Phi) is 10.5. The van der Waals surface area contributed by atoms with Gasteiger partial charge in [0.2, 0.25) is 5.91 Å². The molecule has 1 saturated heterocycles. The van der Waals surface area contributed by atoms with Crippen molar-refractivity contribution >= 4 is 17.7 Å². The molecule has 1 aromatic heterocycles. The third-order valence-electron chi connectivity index (χ3n) is 5.80. The molecule has 0 saturated carbocycles. The fraction of sp³-hybridized carbons (Fsp3) is 0.480. The number of alkyl halides is 3. The number of ketones is 1. The zero-order valence-electron chi connectivity index (χ0n) is 20.5. The van der Waals surface area contributed by atoms with Crippen LogP contribution < -0.4 is 5.56 Å². The number of hydrogen-bond donors (Lipinski definition) is 2. The minimum absolute atomic E-state index is 0.0159. The third-order valence-corrected chi connectivity index (χ3v) is 5.80. The Morgan fingerprint density at radius 2 is 1.70 bits per heavy atom. The third kappa shape index (κ3) is 9.43. The molecule has 0 bridgehead atoms. The quantitative estimate of drug-likeness (QED) is 0.413. The molecule has 1 aliphatic heterocycles. The molecule has 0 aliphatic carbocycles. The maximum atomic E-state index is 13.0. The van der Waals surface area contributed by atoms with Gasteiger partial charge >= 0.3 is 12.1 Å². The summed E-state index contributed by atoms with van der Waals surface area (Å²) in [5.74, 6) is -2.39. The van der Waals surface area contributed by atoms with Gasteiger partial charge in [0, 0.05) is 43.5 Å². The molecular formula is C25H29F4N3O5. The molecule has 0 atom stereocenters. The Balaban J connectivity index is 0.000000604. The highest BCUT2D eigenvalue weighted by atomic mass is 19.4. The van der Waals surface area contributed by atoms with Crippen molar-refractivity contribution in [2.75, 3.05) is 13.1 Å². The molecule has 1 aromatic carbocycles. The smallest absolute Gasteiger partial charge is 0.475 e. The summed E-state index contributed by atoms with van der Waals surface area (Å²) in [5, 5.41) is 7.12. The van der Waals surface area contributed by atoms with Gasteiger partial charge in [-0.25, -0.2) is 14.2 Å². The standard InChI is InChI=1S/C23H28FN3O3.C2HF3O2/c1-15(2)19-14-21(28)26-20(25-19)4-3-5-22(29)27-12-10-17(11-13-27)23(30)16-6-8-18(24)9-7-16;3-2(4,5)1(6)7/h6-9,14-15,17H,3-5,10-13H2,1-2H3,(H,25,26,28);(H,6,7). The highest BCUT2D eigenvalue weighted by Crippen LogP contribution is 2.23. The normalized spacial score (nSPS) is 14.2. The van der Waals surface area contributed by atoms with Gasteiger partial charge in [-0.1, -0.05) is 13.8 Å². The molecule has 0 radical (unpaired) electrons. The van der Waals surface area contributed by atoms with Crippen LogP contribution in [-0.2, 0) is 16.0 Å². The van der Waals surface area contributed by atoms with Gasteiger partial charge in [-0.05, 0) is 49.4 Å². The van der Waals surface area contributed by atoms with Crippen molar-refractivity contribution in [2.24, 2.45) is 5.92 Å². The summed E-state index contributed by atoms with van der Waals surface area (Å²) in [4.78, 5) is 54.7. The second-order valence-electron chi connectivity index (χ2n) is 8.95. The monoisotopic (exact) mass is 527 g/mol. The van der Waals surface area contributed by atoms with Gasteiger partial charge in [0.1, 0.15) is 11.6 Å². The van der Waals surface area contributed by atoms with Crippen LogP contribution in [0.4, 0.5) is 17.6 Å². The number of nitrogens with zero attached hydrogens (tertiary/aromatic N) is 2. The van der Waals surface area contributed by atoms with Crippen LogP contribution >= 0.6 is 0 Å². The predicted octanol–water partition coefficient (Wildman–Crippen LogP) is 4.11. The van der Waals surface area contributed by atoms with E-state index in [0.717, 1.165) is 5.69 Å². The maximum Gasteiger partial charge on any atom is 0.490 e. The van der Waals surface area contributed by atoms with Gasteiger partial charge in [-0.2, -0.15) is 13.2 Å². The molecule has 1 fully saturated rings. The zero-order chi connectivity index (χ0) is 27.8. The lowest BCUT2D eigenvalue weighted by Gasteiger charge is -2.31. The summed E-state index contributed by atoms with van der Waals surface area (Å²) in [5.41, 5.74) is 1.11. The number of benzene rings is 1. The first kappa shape index (κ1) is 29.7. The van der Waals surface area contributed by atoms with Crippen molar-refractivity contribution in [3.05, 3.63) is 63.6 Å². The van der Waals surface area contributed by atoms with E-state index in [9.17, 15) is 31.9 Å². The molecule has 202 valence electrons. The Morgan fingerprint density at radius 1 is 1.14 bits per heavy atom. The van der Waals surface area contributed by atoms with Crippen LogP contribution in [0.1, 0.15) is 67.3 Å². The number of nitrogens with one attached hydrogen (secondary N) is 1. The van der Waals surface area contributed by atoms with Crippen molar-refractivity contribution in [1.82, 2.24) is 14.9 Å². The molecule has 0 unspecified atom stereocenters. The van der Waals surface area contributed by atoms with Crippen molar-refractivity contribution < 1.29 is 37.1 Å². The number of H-pyrrole nitrogens is 1. The van der Waals surface area contributed by atoms with E-state index < -0.39 is 12.1 Å². The Bertz CT molecular complexity index is 1140. The molecule has 3 rings (SSSR count). The number of aromatic nitrogens is 2. The lowest BCUT2D eigenvalue weighted by Crippen LogP contribution is -2.40. The van der Waals surface area contributed by atoms with Crippen LogP contribution in [-0.4, -0.2) is 56.9 Å². The van der Waals surface area contributed by atoms with Gasteiger partial charge in [0.15, 0.2) is 5.78 Å². The lowest BCUT2D eigenvalue weighted by atomic mass is 9.88. The first-order chi connectivity index (χ1) is 17.3. The summed E-state index contributed by atoms with van der Waals surface area (Å²) >= 11 is 0. The number of amides is 1. The molecule has 2 N–H and O–H groups in total. The number of rotatable bonds is 7. The van der Waals surface area contributed by atoms with E-state index in [1.807, 2.05) is 13.8 Å². The Morgan fingerprint density at radius 3 is 2.22 bits per heavy atom. The first-order valence-corrected chi connectivity index (χ1v) is 11.8. The van der Waals surface area contributed by atoms with Gasteiger partial charge < -0.3 is 15.0 Å². The molecule has 8 nitrogen and oxygen atoms in total. The lowest BCUT2D eigenvalue weighted by molar-refractivity contribution is -0.192. The number of likely N-dealkylation sites (tertiary alicyclic amines) is 1. The van der Waals surface area contributed by atoms with E-state index in [4.69, 9.17) is 9.90 Å². The zero-order valence-corrected chi connectivity index (χ0v) is 20.5. The van der Waals surface area contributed by atoms with Crippen molar-refractivity contribution in [1.29, 1.82) is 0 Å². The maximum absolute atomic E-state index is 13.0. The molecule has 12 heteroatoms. The molecule has 2 aromatic rings. The molecular weight excluding hydrogens is 498 g/mol. The predicted molar refractivity (Wildman–Crippen MR) is 126 cm³/mol. The molecule has 37 heavy (non-hydrogen) atoms. The van der Waals surface area contributed by atoms with E-state index in [1.165, 1.54) is 30.3 Å². The van der Waals surface area contributed by atoms with Crippen LogP contribution in [0.5, 0.6) is 0 Å².